The van der Waals surface area contributed by atoms with Crippen LogP contribution in [0.4, 0.5) is 0 Å². The number of halogens is 4. The summed E-state index contributed by atoms with van der Waals surface area (Å²) < 4.78 is 6.40. The normalized spacial score (nSPS) is 10.6. The quantitative estimate of drug-likeness (QED) is 0.601. The zero-order chi connectivity index (χ0) is 17.0. The van der Waals surface area contributed by atoms with Crippen molar-refractivity contribution in [2.45, 2.75) is 19.4 Å². The second kappa shape index (κ2) is 8.25. The fraction of sp³-hybridized carbons (Fsp3) is 0.188. The molecule has 0 aliphatic rings. The van der Waals surface area contributed by atoms with E-state index in [2.05, 4.69) is 15.9 Å². The van der Waals surface area contributed by atoms with Gasteiger partial charge in [-0.3, -0.25) is 4.79 Å². The zero-order valence-electron chi connectivity index (χ0n) is 11.8. The van der Waals surface area contributed by atoms with Crippen LogP contribution in [0.15, 0.2) is 34.8 Å². The van der Waals surface area contributed by atoms with Crippen LogP contribution in [-0.2, 0) is 17.8 Å². The van der Waals surface area contributed by atoms with Crippen molar-refractivity contribution in [1.29, 1.82) is 0 Å². The molecule has 7 heteroatoms. The van der Waals surface area contributed by atoms with Crippen molar-refractivity contribution < 1.29 is 14.6 Å². The standard InChI is InChI=1S/C16H12BrCl3O3/c17-11-5-9(2-4-15(21)22)6-14(20)16(11)23-8-10-1-3-12(18)13(19)7-10/h1,3,5-7H,2,4,8H2,(H,21,22). The lowest BCUT2D eigenvalue weighted by Crippen LogP contribution is -2.00. The van der Waals surface area contributed by atoms with Gasteiger partial charge in [0.25, 0.3) is 0 Å². The molecular weight excluding hydrogens is 426 g/mol. The molecule has 23 heavy (non-hydrogen) atoms. The van der Waals surface area contributed by atoms with E-state index in [1.165, 1.54) is 0 Å². The molecule has 0 fully saturated rings. The molecule has 0 bridgehead atoms. The first-order valence-electron chi connectivity index (χ1n) is 6.63. The van der Waals surface area contributed by atoms with Gasteiger partial charge in [0.05, 0.1) is 19.5 Å². The Morgan fingerprint density at radius 3 is 2.35 bits per heavy atom. The first-order chi connectivity index (χ1) is 10.9. The molecule has 0 saturated heterocycles. The van der Waals surface area contributed by atoms with Crippen LogP contribution in [0.5, 0.6) is 5.75 Å². The van der Waals surface area contributed by atoms with E-state index in [0.29, 0.717) is 31.7 Å². The Morgan fingerprint density at radius 1 is 1.04 bits per heavy atom. The molecule has 122 valence electrons. The van der Waals surface area contributed by atoms with Crippen LogP contribution in [0.3, 0.4) is 0 Å². The summed E-state index contributed by atoms with van der Waals surface area (Å²) in [6.07, 6.45) is 0.451. The number of carboxylic acids is 1. The third-order valence-electron chi connectivity index (χ3n) is 3.05. The minimum absolute atomic E-state index is 0.0479. The van der Waals surface area contributed by atoms with E-state index in [-0.39, 0.29) is 13.0 Å². The number of carbonyl (C=O) groups is 1. The van der Waals surface area contributed by atoms with Gasteiger partial charge in [-0.2, -0.15) is 0 Å². The van der Waals surface area contributed by atoms with Gasteiger partial charge >= 0.3 is 5.97 Å². The molecule has 0 radical (unpaired) electrons. The number of aliphatic carboxylic acids is 1. The van der Waals surface area contributed by atoms with Gasteiger partial charge in [0.1, 0.15) is 6.61 Å². The van der Waals surface area contributed by atoms with E-state index in [4.69, 9.17) is 44.6 Å². The molecule has 0 spiro atoms. The van der Waals surface area contributed by atoms with Gasteiger partial charge in [0, 0.05) is 6.42 Å². The molecule has 3 nitrogen and oxygen atoms in total. The highest BCUT2D eigenvalue weighted by Gasteiger charge is 2.11. The molecule has 2 aromatic carbocycles. The Kier molecular flexibility index (Phi) is 6.60. The molecule has 0 heterocycles. The van der Waals surface area contributed by atoms with E-state index in [0.717, 1.165) is 11.1 Å². The fourth-order valence-electron chi connectivity index (χ4n) is 1.93. The SMILES string of the molecule is O=C(O)CCc1cc(Cl)c(OCc2ccc(Cl)c(Cl)c2)c(Br)c1. The average Bonchev–Trinajstić information content (AvgIpc) is 2.48. The molecule has 0 aromatic heterocycles. The van der Waals surface area contributed by atoms with E-state index in [1.54, 1.807) is 24.3 Å². The number of ether oxygens (including phenoxy) is 1. The van der Waals surface area contributed by atoms with Crippen LogP contribution < -0.4 is 4.74 Å². The molecule has 0 aliphatic carbocycles. The van der Waals surface area contributed by atoms with Crippen LogP contribution in [0, 0.1) is 0 Å². The van der Waals surface area contributed by atoms with Crippen molar-refractivity contribution in [3.63, 3.8) is 0 Å². The molecule has 2 rings (SSSR count). The predicted octanol–water partition coefficient (Wildman–Crippen LogP) is 6.01. The Morgan fingerprint density at radius 2 is 1.74 bits per heavy atom. The van der Waals surface area contributed by atoms with E-state index in [1.807, 2.05) is 6.07 Å². The summed E-state index contributed by atoms with van der Waals surface area (Å²) in [5.74, 6) is -0.353. The minimum Gasteiger partial charge on any atom is -0.486 e. The number of carboxylic acid groups (broad SMARTS) is 1. The van der Waals surface area contributed by atoms with Gasteiger partial charge in [-0.05, 0) is 57.7 Å². The van der Waals surface area contributed by atoms with Gasteiger partial charge in [0.2, 0.25) is 0 Å². The van der Waals surface area contributed by atoms with Gasteiger partial charge in [-0.1, -0.05) is 40.9 Å². The molecular formula is C16H12BrCl3O3. The summed E-state index contributed by atoms with van der Waals surface area (Å²) in [6, 6.07) is 8.76. The second-order valence-electron chi connectivity index (χ2n) is 4.82. The number of hydrogen-bond acceptors (Lipinski definition) is 2. The third-order valence-corrected chi connectivity index (χ3v) is 4.66. The maximum Gasteiger partial charge on any atom is 0.303 e. The molecule has 0 aliphatic heterocycles. The van der Waals surface area contributed by atoms with E-state index in [9.17, 15) is 4.79 Å². The summed E-state index contributed by atoms with van der Waals surface area (Å²) in [5, 5.41) is 10.1. The van der Waals surface area contributed by atoms with Crippen molar-refractivity contribution >= 4 is 56.7 Å². The topological polar surface area (TPSA) is 46.5 Å². The first-order valence-corrected chi connectivity index (χ1v) is 8.56. The maximum absolute atomic E-state index is 10.6. The summed E-state index contributed by atoms with van der Waals surface area (Å²) in [5.41, 5.74) is 1.68. The van der Waals surface area contributed by atoms with E-state index >= 15 is 0 Å². The monoisotopic (exact) mass is 436 g/mol. The fourth-order valence-corrected chi connectivity index (χ4v) is 3.28. The molecule has 0 atom stereocenters. The zero-order valence-corrected chi connectivity index (χ0v) is 15.6. The van der Waals surface area contributed by atoms with Gasteiger partial charge < -0.3 is 9.84 Å². The summed E-state index contributed by atoms with van der Waals surface area (Å²) in [4.78, 5) is 10.6. The highest BCUT2D eigenvalue weighted by molar-refractivity contribution is 9.10. The summed E-state index contributed by atoms with van der Waals surface area (Å²) in [7, 11) is 0. The molecule has 1 N–H and O–H groups in total. The van der Waals surface area contributed by atoms with Crippen LogP contribution in [0.1, 0.15) is 17.5 Å². The largest absolute Gasteiger partial charge is 0.486 e. The van der Waals surface area contributed by atoms with Crippen LogP contribution >= 0.6 is 50.7 Å². The van der Waals surface area contributed by atoms with Gasteiger partial charge in [-0.25, -0.2) is 0 Å². The molecule has 2 aromatic rings. The third kappa shape index (κ3) is 5.28. The summed E-state index contributed by atoms with van der Waals surface area (Å²) >= 11 is 21.5. The first kappa shape index (κ1) is 18.4. The van der Waals surface area contributed by atoms with E-state index < -0.39 is 5.97 Å². The summed E-state index contributed by atoms with van der Waals surface area (Å²) in [6.45, 7) is 0.281. The van der Waals surface area contributed by atoms with Crippen LogP contribution in [-0.4, -0.2) is 11.1 Å². The predicted molar refractivity (Wildman–Crippen MR) is 95.9 cm³/mol. The second-order valence-corrected chi connectivity index (χ2v) is 6.90. The van der Waals surface area contributed by atoms with Gasteiger partial charge in [0.15, 0.2) is 5.75 Å². The average molecular weight is 439 g/mol. The number of aryl methyl sites for hydroxylation is 1. The minimum atomic E-state index is -0.850. The number of rotatable bonds is 6. The molecule has 0 amide bonds. The lowest BCUT2D eigenvalue weighted by molar-refractivity contribution is -0.136. The maximum atomic E-state index is 10.6. The van der Waals surface area contributed by atoms with Crippen LogP contribution in [0.2, 0.25) is 15.1 Å². The van der Waals surface area contributed by atoms with Crippen molar-refractivity contribution in [3.8, 4) is 5.75 Å². The van der Waals surface area contributed by atoms with Crippen molar-refractivity contribution in [2.75, 3.05) is 0 Å². The van der Waals surface area contributed by atoms with Gasteiger partial charge in [-0.15, -0.1) is 0 Å². The molecule has 0 saturated carbocycles. The smallest absolute Gasteiger partial charge is 0.303 e. The number of benzene rings is 2. The highest BCUT2D eigenvalue weighted by Crippen LogP contribution is 2.35. The van der Waals surface area contributed by atoms with Crippen molar-refractivity contribution in [2.24, 2.45) is 0 Å². The Labute approximate surface area is 157 Å². The van der Waals surface area contributed by atoms with Crippen molar-refractivity contribution in [1.82, 2.24) is 0 Å². The number of hydrogen-bond donors (Lipinski definition) is 1. The lowest BCUT2D eigenvalue weighted by atomic mass is 10.1. The Balaban J connectivity index is 2.10. The lowest BCUT2D eigenvalue weighted by Gasteiger charge is -2.12. The van der Waals surface area contributed by atoms with Crippen molar-refractivity contribution in [3.05, 3.63) is 61.0 Å². The molecule has 0 unspecified atom stereocenters. The van der Waals surface area contributed by atoms with Crippen LogP contribution in [0.25, 0.3) is 0 Å². The Hall–Kier alpha value is -0.940. The Bertz CT molecular complexity index is 712. The highest BCUT2D eigenvalue weighted by atomic mass is 79.9.